The Bertz CT molecular complexity index is 334. The smallest absolute Gasteiger partial charge is 0.118 e. The largest absolute Gasteiger partial charge is 0.497 e. The number of benzene rings is 1. The van der Waals surface area contributed by atoms with Gasteiger partial charge in [0.25, 0.3) is 0 Å². The summed E-state index contributed by atoms with van der Waals surface area (Å²) in [6.45, 7) is 2.26. The van der Waals surface area contributed by atoms with Crippen LogP contribution in [0, 0.1) is 0 Å². The fourth-order valence-electron chi connectivity index (χ4n) is 2.44. The van der Waals surface area contributed by atoms with Crippen molar-refractivity contribution in [3.63, 3.8) is 0 Å². The Labute approximate surface area is 129 Å². The Morgan fingerprint density at radius 3 is 2.15 bits per heavy atom. The first kappa shape index (κ1) is 17.4. The fraction of sp³-hybridized carbons (Fsp3) is 0.667. The predicted molar refractivity (Wildman–Crippen MR) is 88.9 cm³/mol. The Balaban J connectivity index is 2.08. The highest BCUT2D eigenvalue weighted by Gasteiger charge is 2.06. The molecule has 1 atom stereocenters. The van der Waals surface area contributed by atoms with Gasteiger partial charge in [-0.3, -0.25) is 0 Å². The van der Waals surface area contributed by atoms with E-state index in [2.05, 4.69) is 19.1 Å². The zero-order chi connectivity index (χ0) is 14.6. The van der Waals surface area contributed by atoms with E-state index >= 15 is 0 Å². The highest BCUT2D eigenvalue weighted by Crippen LogP contribution is 2.18. The molecule has 2 heteroatoms. The first-order valence-electron chi connectivity index (χ1n) is 8.03. The maximum absolute atomic E-state index is 6.42. The Morgan fingerprint density at radius 2 is 1.55 bits per heavy atom. The zero-order valence-corrected chi connectivity index (χ0v) is 13.8. The second-order valence-electron chi connectivity index (χ2n) is 5.56. The van der Waals surface area contributed by atoms with E-state index in [1.807, 2.05) is 12.1 Å². The van der Waals surface area contributed by atoms with Gasteiger partial charge in [-0.2, -0.15) is 0 Å². The molecule has 0 amide bonds. The van der Waals surface area contributed by atoms with Crippen LogP contribution in [0.3, 0.4) is 0 Å². The molecular formula is C18H29ClO. The first-order valence-corrected chi connectivity index (χ1v) is 8.47. The quantitative estimate of drug-likeness (QED) is 0.360. The van der Waals surface area contributed by atoms with E-state index in [0.29, 0.717) is 0 Å². The molecule has 0 saturated heterocycles. The van der Waals surface area contributed by atoms with Gasteiger partial charge in [0, 0.05) is 5.38 Å². The molecule has 1 rings (SSSR count). The molecule has 1 unspecified atom stereocenters. The summed E-state index contributed by atoms with van der Waals surface area (Å²) >= 11 is 6.42. The third kappa shape index (κ3) is 7.79. The van der Waals surface area contributed by atoms with Crippen LogP contribution in [0.5, 0.6) is 5.75 Å². The van der Waals surface area contributed by atoms with E-state index in [1.54, 1.807) is 7.11 Å². The second kappa shape index (κ2) is 11.0. The van der Waals surface area contributed by atoms with Gasteiger partial charge in [-0.15, -0.1) is 11.6 Å². The molecule has 0 radical (unpaired) electrons. The first-order chi connectivity index (χ1) is 9.76. The molecule has 0 aromatic heterocycles. The van der Waals surface area contributed by atoms with Crippen molar-refractivity contribution in [3.8, 4) is 5.75 Å². The molecule has 1 aromatic carbocycles. The van der Waals surface area contributed by atoms with Gasteiger partial charge in [0.15, 0.2) is 0 Å². The van der Waals surface area contributed by atoms with E-state index in [4.69, 9.17) is 16.3 Å². The van der Waals surface area contributed by atoms with Crippen LogP contribution in [-0.2, 0) is 6.42 Å². The van der Waals surface area contributed by atoms with Gasteiger partial charge in [-0.05, 0) is 30.5 Å². The molecule has 0 aliphatic rings. The highest BCUT2D eigenvalue weighted by atomic mass is 35.5. The molecule has 20 heavy (non-hydrogen) atoms. The number of hydrogen-bond donors (Lipinski definition) is 0. The maximum atomic E-state index is 6.42. The van der Waals surface area contributed by atoms with Crippen molar-refractivity contribution < 1.29 is 4.74 Å². The number of hydrogen-bond acceptors (Lipinski definition) is 1. The molecule has 1 nitrogen and oxygen atoms in total. The minimum Gasteiger partial charge on any atom is -0.497 e. The van der Waals surface area contributed by atoms with E-state index < -0.39 is 0 Å². The fourth-order valence-corrected chi connectivity index (χ4v) is 2.77. The molecule has 0 N–H and O–H groups in total. The van der Waals surface area contributed by atoms with Gasteiger partial charge in [0.05, 0.1) is 7.11 Å². The lowest BCUT2D eigenvalue weighted by Crippen LogP contribution is -2.03. The lowest BCUT2D eigenvalue weighted by molar-refractivity contribution is 0.414. The Morgan fingerprint density at radius 1 is 0.950 bits per heavy atom. The van der Waals surface area contributed by atoms with Crippen molar-refractivity contribution in [1.29, 1.82) is 0 Å². The topological polar surface area (TPSA) is 9.23 Å². The molecule has 0 spiro atoms. The van der Waals surface area contributed by atoms with E-state index in [-0.39, 0.29) is 5.38 Å². The minimum atomic E-state index is 0.263. The lowest BCUT2D eigenvalue weighted by atomic mass is 10.0. The number of halogens is 1. The van der Waals surface area contributed by atoms with Crippen molar-refractivity contribution >= 4 is 11.6 Å². The van der Waals surface area contributed by atoms with Crippen molar-refractivity contribution in [2.24, 2.45) is 0 Å². The highest BCUT2D eigenvalue weighted by molar-refractivity contribution is 6.20. The van der Waals surface area contributed by atoms with Crippen LogP contribution < -0.4 is 4.74 Å². The molecule has 1 aromatic rings. The summed E-state index contributed by atoms with van der Waals surface area (Å²) < 4.78 is 5.16. The van der Waals surface area contributed by atoms with Crippen molar-refractivity contribution in [2.45, 2.75) is 70.1 Å². The van der Waals surface area contributed by atoms with Crippen LogP contribution in [0.25, 0.3) is 0 Å². The van der Waals surface area contributed by atoms with Crippen LogP contribution in [-0.4, -0.2) is 12.5 Å². The van der Waals surface area contributed by atoms with Gasteiger partial charge in [0.1, 0.15) is 5.75 Å². The second-order valence-corrected chi connectivity index (χ2v) is 6.18. The van der Waals surface area contributed by atoms with Crippen LogP contribution in [0.2, 0.25) is 0 Å². The van der Waals surface area contributed by atoms with Crippen LogP contribution >= 0.6 is 11.6 Å². The average molecular weight is 297 g/mol. The van der Waals surface area contributed by atoms with E-state index in [0.717, 1.165) is 18.6 Å². The van der Waals surface area contributed by atoms with Crippen molar-refractivity contribution in [3.05, 3.63) is 29.8 Å². The standard InChI is InChI=1S/C18H29ClO/c1-3-4-5-6-7-8-9-10-17(19)15-16-11-13-18(20-2)14-12-16/h11-14,17H,3-10,15H2,1-2H3. The molecule has 114 valence electrons. The van der Waals surface area contributed by atoms with Gasteiger partial charge in [-0.1, -0.05) is 64.0 Å². The molecule has 0 heterocycles. The predicted octanol–water partition coefficient (Wildman–Crippen LogP) is 5.99. The summed E-state index contributed by atoms with van der Waals surface area (Å²) in [4.78, 5) is 0. The molecule has 0 fully saturated rings. The summed E-state index contributed by atoms with van der Waals surface area (Å²) in [5.74, 6) is 0.909. The molecule has 0 aliphatic carbocycles. The normalized spacial score (nSPS) is 12.3. The molecular weight excluding hydrogens is 268 g/mol. The number of rotatable bonds is 11. The van der Waals surface area contributed by atoms with Crippen LogP contribution in [0.4, 0.5) is 0 Å². The number of unbranched alkanes of at least 4 members (excludes halogenated alkanes) is 6. The molecule has 0 bridgehead atoms. The molecule has 0 saturated carbocycles. The Hall–Kier alpha value is -0.690. The van der Waals surface area contributed by atoms with Crippen molar-refractivity contribution in [2.75, 3.05) is 7.11 Å². The lowest BCUT2D eigenvalue weighted by Gasteiger charge is -2.10. The van der Waals surface area contributed by atoms with Crippen molar-refractivity contribution in [1.82, 2.24) is 0 Å². The number of methoxy groups -OCH3 is 1. The van der Waals surface area contributed by atoms with Crippen LogP contribution in [0.1, 0.15) is 63.9 Å². The summed E-state index contributed by atoms with van der Waals surface area (Å²) in [5, 5.41) is 0.263. The van der Waals surface area contributed by atoms with E-state index in [1.165, 1.54) is 50.5 Å². The summed E-state index contributed by atoms with van der Waals surface area (Å²) in [6.07, 6.45) is 11.5. The minimum absolute atomic E-state index is 0.263. The average Bonchev–Trinajstić information content (AvgIpc) is 2.47. The van der Waals surface area contributed by atoms with Gasteiger partial charge in [-0.25, -0.2) is 0 Å². The summed E-state index contributed by atoms with van der Waals surface area (Å²) in [5.41, 5.74) is 1.30. The summed E-state index contributed by atoms with van der Waals surface area (Å²) in [7, 11) is 1.69. The van der Waals surface area contributed by atoms with Gasteiger partial charge >= 0.3 is 0 Å². The monoisotopic (exact) mass is 296 g/mol. The number of ether oxygens (including phenoxy) is 1. The van der Waals surface area contributed by atoms with E-state index in [9.17, 15) is 0 Å². The Kier molecular flexibility index (Phi) is 9.57. The molecule has 0 aliphatic heterocycles. The van der Waals surface area contributed by atoms with Gasteiger partial charge < -0.3 is 4.74 Å². The third-order valence-corrected chi connectivity index (χ3v) is 4.11. The summed E-state index contributed by atoms with van der Waals surface area (Å²) in [6, 6.07) is 8.23. The zero-order valence-electron chi connectivity index (χ0n) is 13.0. The third-order valence-electron chi connectivity index (χ3n) is 3.74. The van der Waals surface area contributed by atoms with Crippen LogP contribution in [0.15, 0.2) is 24.3 Å². The van der Waals surface area contributed by atoms with Gasteiger partial charge in [0.2, 0.25) is 0 Å². The number of alkyl halides is 1. The maximum Gasteiger partial charge on any atom is 0.118 e. The SMILES string of the molecule is CCCCCCCCCC(Cl)Cc1ccc(OC)cc1.